The number of phenols is 2. The number of aromatic hydroxyl groups is 2. The van der Waals surface area contributed by atoms with E-state index in [1.807, 2.05) is 0 Å². The van der Waals surface area contributed by atoms with Crippen LogP contribution in [-0.2, 0) is 4.74 Å². The van der Waals surface area contributed by atoms with E-state index >= 15 is 0 Å². The fraction of sp³-hybridized carbons (Fsp3) is 0.304. The summed E-state index contributed by atoms with van der Waals surface area (Å²) < 4.78 is 10.9. The number of ether oxygens (including phenoxy) is 2. The minimum Gasteiger partial charge on any atom is -0.507 e. The molecule has 3 N–H and O–H groups in total. The van der Waals surface area contributed by atoms with Gasteiger partial charge in [-0.25, -0.2) is 0 Å². The van der Waals surface area contributed by atoms with Gasteiger partial charge in [0.25, 0.3) is 5.91 Å². The highest BCUT2D eigenvalue weighted by Crippen LogP contribution is 2.47. The normalized spacial score (nSPS) is 15.2. The largest absolute Gasteiger partial charge is 0.507 e. The number of methoxy groups -OCH3 is 2. The van der Waals surface area contributed by atoms with E-state index in [0.29, 0.717) is 57.1 Å². The number of hydrogen-bond acceptors (Lipinski definition) is 6. The SMILES string of the molecule is COCCCN1C(=O)c2[nH]nc(-c3cc(Cl)c(C)cc3O)c2C1c1cc(Br)c(O)c(OC)c1. The molecule has 1 atom stereocenters. The van der Waals surface area contributed by atoms with Crippen LogP contribution in [0.3, 0.4) is 0 Å². The molecule has 0 radical (unpaired) electrons. The highest BCUT2D eigenvalue weighted by molar-refractivity contribution is 9.10. The summed E-state index contributed by atoms with van der Waals surface area (Å²) in [4.78, 5) is 15.1. The number of hydrogen-bond donors (Lipinski definition) is 3. The molecule has 0 bridgehead atoms. The van der Waals surface area contributed by atoms with Crippen molar-refractivity contribution in [3.05, 3.63) is 56.1 Å². The number of aromatic nitrogens is 2. The number of phenolic OH excluding ortho intramolecular Hbond substituents is 2. The van der Waals surface area contributed by atoms with E-state index in [1.54, 1.807) is 43.2 Å². The summed E-state index contributed by atoms with van der Waals surface area (Å²) in [5.41, 5.74) is 3.25. The van der Waals surface area contributed by atoms with Gasteiger partial charge in [-0.3, -0.25) is 9.89 Å². The van der Waals surface area contributed by atoms with E-state index in [2.05, 4.69) is 26.1 Å². The molecule has 4 rings (SSSR count). The van der Waals surface area contributed by atoms with Crippen LogP contribution >= 0.6 is 27.5 Å². The third-order valence-corrected chi connectivity index (χ3v) is 6.74. The summed E-state index contributed by atoms with van der Waals surface area (Å²) in [6.45, 7) is 2.72. The Morgan fingerprint density at radius 2 is 2.00 bits per heavy atom. The molecule has 0 aliphatic carbocycles. The van der Waals surface area contributed by atoms with E-state index in [0.717, 1.165) is 5.56 Å². The highest BCUT2D eigenvalue weighted by Gasteiger charge is 2.42. The van der Waals surface area contributed by atoms with Crippen molar-refractivity contribution in [3.63, 3.8) is 0 Å². The van der Waals surface area contributed by atoms with E-state index in [4.69, 9.17) is 21.1 Å². The molecular weight excluding hydrogens is 514 g/mol. The molecule has 0 fully saturated rings. The van der Waals surface area contributed by atoms with Crippen LogP contribution in [-0.4, -0.2) is 58.6 Å². The fourth-order valence-electron chi connectivity index (χ4n) is 4.12. The van der Waals surface area contributed by atoms with E-state index in [-0.39, 0.29) is 23.2 Å². The zero-order valence-corrected chi connectivity index (χ0v) is 20.6. The second kappa shape index (κ2) is 9.24. The summed E-state index contributed by atoms with van der Waals surface area (Å²) in [5.74, 6) is 0.0286. The Hall–Kier alpha value is -2.75. The van der Waals surface area contributed by atoms with Crippen molar-refractivity contribution in [3.8, 4) is 28.5 Å². The summed E-state index contributed by atoms with van der Waals surface area (Å²) in [6.07, 6.45) is 0.629. The maximum atomic E-state index is 13.4. The molecule has 0 saturated heterocycles. The maximum Gasteiger partial charge on any atom is 0.273 e. The van der Waals surface area contributed by atoms with Gasteiger partial charge in [0.1, 0.15) is 17.1 Å². The molecule has 1 aliphatic heterocycles. The van der Waals surface area contributed by atoms with Gasteiger partial charge >= 0.3 is 0 Å². The lowest BCUT2D eigenvalue weighted by Crippen LogP contribution is -2.31. The summed E-state index contributed by atoms with van der Waals surface area (Å²) in [5, 5.41) is 28.7. The van der Waals surface area contributed by atoms with Crippen LogP contribution in [0.2, 0.25) is 5.02 Å². The lowest BCUT2D eigenvalue weighted by Gasteiger charge is -2.27. The smallest absolute Gasteiger partial charge is 0.273 e. The van der Waals surface area contributed by atoms with Crippen LogP contribution in [0.1, 0.15) is 39.6 Å². The van der Waals surface area contributed by atoms with Crippen LogP contribution in [0.5, 0.6) is 17.2 Å². The summed E-state index contributed by atoms with van der Waals surface area (Å²) >= 11 is 9.71. The van der Waals surface area contributed by atoms with Crippen LogP contribution in [0.4, 0.5) is 0 Å². The molecule has 1 aromatic heterocycles. The number of carbonyl (C=O) groups is 1. The number of aryl methyl sites for hydroxylation is 1. The summed E-state index contributed by atoms with van der Waals surface area (Å²) in [7, 11) is 3.07. The molecular formula is C23H23BrClN3O5. The van der Waals surface area contributed by atoms with Gasteiger partial charge in [-0.15, -0.1) is 0 Å². The monoisotopic (exact) mass is 535 g/mol. The third-order valence-electron chi connectivity index (χ3n) is 5.73. The fourth-order valence-corrected chi connectivity index (χ4v) is 4.74. The van der Waals surface area contributed by atoms with Gasteiger partial charge in [0.2, 0.25) is 0 Å². The molecule has 1 amide bonds. The molecule has 2 heterocycles. The average molecular weight is 537 g/mol. The number of nitrogens with zero attached hydrogens (tertiary/aromatic N) is 2. The van der Waals surface area contributed by atoms with E-state index < -0.39 is 6.04 Å². The van der Waals surface area contributed by atoms with Gasteiger partial charge < -0.3 is 24.6 Å². The maximum absolute atomic E-state index is 13.4. The van der Waals surface area contributed by atoms with Crippen molar-refractivity contribution in [2.75, 3.05) is 27.4 Å². The molecule has 1 aliphatic rings. The van der Waals surface area contributed by atoms with Gasteiger partial charge in [0.05, 0.1) is 17.6 Å². The van der Waals surface area contributed by atoms with Crippen LogP contribution < -0.4 is 4.74 Å². The van der Waals surface area contributed by atoms with Gasteiger partial charge in [-0.1, -0.05) is 11.6 Å². The molecule has 3 aromatic rings. The Kier molecular flexibility index (Phi) is 6.56. The molecule has 0 spiro atoms. The van der Waals surface area contributed by atoms with Crippen molar-refractivity contribution in [1.82, 2.24) is 15.1 Å². The highest BCUT2D eigenvalue weighted by atomic mass is 79.9. The van der Waals surface area contributed by atoms with Gasteiger partial charge in [0.15, 0.2) is 11.5 Å². The standard InChI is InChI=1S/C23H23BrClN3O5/c1-11-7-16(29)13(10-15(11)25)19-18-20(27-26-19)23(31)28(5-4-6-32-2)21(18)12-8-14(24)22(30)17(9-12)33-3/h7-10,21,29-30H,4-6H2,1-3H3,(H,26,27). The van der Waals surface area contributed by atoms with Crippen LogP contribution in [0, 0.1) is 6.92 Å². The van der Waals surface area contributed by atoms with E-state index in [9.17, 15) is 15.0 Å². The third kappa shape index (κ3) is 4.05. The van der Waals surface area contributed by atoms with Crippen molar-refractivity contribution in [2.45, 2.75) is 19.4 Å². The Morgan fingerprint density at radius 1 is 1.24 bits per heavy atom. The number of rotatable bonds is 7. The van der Waals surface area contributed by atoms with Crippen LogP contribution in [0.15, 0.2) is 28.7 Å². The zero-order valence-electron chi connectivity index (χ0n) is 18.3. The Morgan fingerprint density at radius 3 is 2.70 bits per heavy atom. The molecule has 10 heteroatoms. The first kappa shape index (κ1) is 23.4. The van der Waals surface area contributed by atoms with Crippen LogP contribution in [0.25, 0.3) is 11.3 Å². The number of carbonyl (C=O) groups excluding carboxylic acids is 1. The van der Waals surface area contributed by atoms with Gasteiger partial charge in [-0.05, 0) is 64.7 Å². The first-order valence-electron chi connectivity index (χ1n) is 10.2. The number of fused-ring (bicyclic) bond motifs is 1. The Labute approximate surface area is 204 Å². The van der Waals surface area contributed by atoms with Crippen molar-refractivity contribution in [2.24, 2.45) is 0 Å². The number of benzene rings is 2. The molecule has 0 saturated carbocycles. The number of H-pyrrole nitrogens is 1. The number of amides is 1. The predicted molar refractivity (Wildman–Crippen MR) is 127 cm³/mol. The number of halogens is 2. The molecule has 174 valence electrons. The first-order chi connectivity index (χ1) is 15.8. The van der Waals surface area contributed by atoms with E-state index in [1.165, 1.54) is 7.11 Å². The minimum absolute atomic E-state index is 0.0136. The predicted octanol–water partition coefficient (Wildman–Crippen LogP) is 4.80. The van der Waals surface area contributed by atoms with Crippen molar-refractivity contribution < 1.29 is 24.5 Å². The zero-order chi connectivity index (χ0) is 23.9. The Balaban J connectivity index is 1.91. The Bertz CT molecular complexity index is 1230. The van der Waals surface area contributed by atoms with Gasteiger partial charge in [-0.2, -0.15) is 5.10 Å². The lowest BCUT2D eigenvalue weighted by molar-refractivity contribution is 0.0723. The second-order valence-electron chi connectivity index (χ2n) is 7.78. The number of nitrogens with one attached hydrogen (secondary N) is 1. The second-order valence-corrected chi connectivity index (χ2v) is 9.04. The first-order valence-corrected chi connectivity index (χ1v) is 11.4. The quantitative estimate of drug-likeness (QED) is 0.374. The minimum atomic E-state index is -0.539. The average Bonchev–Trinajstić information content (AvgIpc) is 3.32. The molecule has 8 nitrogen and oxygen atoms in total. The molecule has 2 aromatic carbocycles. The van der Waals surface area contributed by atoms with Crippen molar-refractivity contribution >= 4 is 33.4 Å². The van der Waals surface area contributed by atoms with Gasteiger partial charge in [0, 0.05) is 36.4 Å². The van der Waals surface area contributed by atoms with Crippen molar-refractivity contribution in [1.29, 1.82) is 0 Å². The molecule has 1 unspecified atom stereocenters. The lowest BCUT2D eigenvalue weighted by atomic mass is 9.95. The molecule has 33 heavy (non-hydrogen) atoms. The number of aromatic amines is 1. The summed E-state index contributed by atoms with van der Waals surface area (Å²) in [6, 6.07) is 6.11. The topological polar surface area (TPSA) is 108 Å².